The van der Waals surface area contributed by atoms with Gasteiger partial charge in [0.15, 0.2) is 0 Å². The number of nitrogen functional groups attached to an aromatic ring is 1. The van der Waals surface area contributed by atoms with Crippen molar-refractivity contribution in [2.45, 2.75) is 51.6 Å². The van der Waals surface area contributed by atoms with Gasteiger partial charge in [0.25, 0.3) is 5.69 Å². The maximum atomic E-state index is 10.7. The van der Waals surface area contributed by atoms with E-state index in [-0.39, 0.29) is 29.7 Å². The summed E-state index contributed by atoms with van der Waals surface area (Å²) in [5, 5.41) is 10.7. The predicted molar refractivity (Wildman–Crippen MR) is 75.3 cm³/mol. The molecule has 0 aliphatic carbocycles. The Morgan fingerprint density at radius 2 is 2.05 bits per heavy atom. The van der Waals surface area contributed by atoms with Gasteiger partial charge in [0.2, 0.25) is 0 Å². The molecule has 1 aliphatic heterocycles. The van der Waals surface area contributed by atoms with E-state index in [9.17, 15) is 10.1 Å². The Hall–Kier alpha value is -1.66. The number of anilines is 1. The summed E-state index contributed by atoms with van der Waals surface area (Å²) in [7, 11) is 0. The molecule has 0 aromatic heterocycles. The topological polar surface area (TPSA) is 87.6 Å². The van der Waals surface area contributed by atoms with Gasteiger partial charge >= 0.3 is 0 Å². The van der Waals surface area contributed by atoms with Gasteiger partial charge in [-0.3, -0.25) is 10.1 Å². The molecule has 1 aromatic carbocycles. The molecule has 2 rings (SSSR count). The number of ether oxygens (including phenoxy) is 2. The third-order valence-corrected chi connectivity index (χ3v) is 3.43. The van der Waals surface area contributed by atoms with E-state index in [1.807, 2.05) is 13.8 Å². The minimum absolute atomic E-state index is 0.0675. The fraction of sp³-hybridized carbons (Fsp3) is 0.571. The molecule has 20 heavy (non-hydrogen) atoms. The normalized spacial score (nSPS) is 26.4. The molecule has 1 aromatic rings. The average molecular weight is 280 g/mol. The number of benzene rings is 1. The number of hydrogen-bond donors (Lipinski definition) is 1. The molecule has 2 N–H and O–H groups in total. The van der Waals surface area contributed by atoms with Gasteiger partial charge < -0.3 is 15.2 Å². The summed E-state index contributed by atoms with van der Waals surface area (Å²) in [5.41, 5.74) is 6.61. The zero-order valence-electron chi connectivity index (χ0n) is 11.7. The molecule has 0 amide bonds. The highest BCUT2D eigenvalue weighted by atomic mass is 16.6. The second-order valence-electron chi connectivity index (χ2n) is 5.31. The predicted octanol–water partition coefficient (Wildman–Crippen LogP) is 2.65. The number of nitro groups is 1. The molecule has 6 nitrogen and oxygen atoms in total. The van der Waals surface area contributed by atoms with Crippen LogP contribution in [0.4, 0.5) is 11.4 Å². The summed E-state index contributed by atoms with van der Waals surface area (Å²) in [4.78, 5) is 10.2. The maximum Gasteiger partial charge on any atom is 0.292 e. The van der Waals surface area contributed by atoms with Crippen molar-refractivity contribution in [2.75, 3.05) is 5.73 Å². The Bertz CT molecular complexity index is 482. The van der Waals surface area contributed by atoms with Crippen molar-refractivity contribution in [1.29, 1.82) is 0 Å². The van der Waals surface area contributed by atoms with E-state index in [0.717, 1.165) is 18.4 Å². The molecular weight excluding hydrogens is 260 g/mol. The van der Waals surface area contributed by atoms with Crippen LogP contribution < -0.4 is 5.73 Å². The molecule has 0 bridgehead atoms. The second-order valence-corrected chi connectivity index (χ2v) is 5.31. The van der Waals surface area contributed by atoms with E-state index in [1.54, 1.807) is 12.1 Å². The fourth-order valence-electron chi connectivity index (χ4n) is 2.55. The quantitative estimate of drug-likeness (QED) is 0.520. The van der Waals surface area contributed by atoms with E-state index in [2.05, 4.69) is 0 Å². The molecule has 110 valence electrons. The fourth-order valence-corrected chi connectivity index (χ4v) is 2.55. The van der Waals surface area contributed by atoms with Gasteiger partial charge in [0.1, 0.15) is 5.69 Å². The molecular formula is C14H20N2O4. The number of rotatable bonds is 4. The SMILES string of the molecule is CC1CC(OCc2ccc([N+](=O)[O-])c(N)c2)CC(C)O1. The first-order valence-corrected chi connectivity index (χ1v) is 6.75. The van der Waals surface area contributed by atoms with Gasteiger partial charge in [-0.25, -0.2) is 0 Å². The number of nitrogens with two attached hydrogens (primary N) is 1. The summed E-state index contributed by atoms with van der Waals surface area (Å²) < 4.78 is 11.5. The van der Waals surface area contributed by atoms with Gasteiger partial charge in [0, 0.05) is 6.07 Å². The molecule has 0 spiro atoms. The van der Waals surface area contributed by atoms with Crippen LogP contribution in [-0.2, 0) is 16.1 Å². The standard InChI is InChI=1S/C14H20N2O4/c1-9-5-12(6-10(2)20-9)19-8-11-3-4-14(16(17)18)13(15)7-11/h3-4,7,9-10,12H,5-6,8,15H2,1-2H3. The molecule has 0 saturated carbocycles. The van der Waals surface area contributed by atoms with E-state index < -0.39 is 4.92 Å². The van der Waals surface area contributed by atoms with Crippen LogP contribution in [0.25, 0.3) is 0 Å². The second kappa shape index (κ2) is 6.19. The molecule has 6 heteroatoms. The molecule has 1 heterocycles. The smallest absolute Gasteiger partial charge is 0.292 e. The lowest BCUT2D eigenvalue weighted by atomic mass is 10.0. The summed E-state index contributed by atoms with van der Waals surface area (Å²) in [6.45, 7) is 4.48. The van der Waals surface area contributed by atoms with Crippen LogP contribution in [-0.4, -0.2) is 23.2 Å². The van der Waals surface area contributed by atoms with Crippen LogP contribution in [0, 0.1) is 10.1 Å². The molecule has 0 radical (unpaired) electrons. The number of nitrogens with zero attached hydrogens (tertiary/aromatic N) is 1. The molecule has 2 atom stereocenters. The van der Waals surface area contributed by atoms with E-state index in [1.165, 1.54) is 6.07 Å². The molecule has 1 saturated heterocycles. The minimum atomic E-state index is -0.484. The summed E-state index contributed by atoms with van der Waals surface area (Å²) >= 11 is 0. The van der Waals surface area contributed by atoms with Crippen molar-refractivity contribution in [3.63, 3.8) is 0 Å². The van der Waals surface area contributed by atoms with Crippen molar-refractivity contribution in [3.8, 4) is 0 Å². The van der Waals surface area contributed by atoms with Crippen molar-refractivity contribution >= 4 is 11.4 Å². The van der Waals surface area contributed by atoms with E-state index in [4.69, 9.17) is 15.2 Å². The van der Waals surface area contributed by atoms with Crippen LogP contribution in [0.2, 0.25) is 0 Å². The van der Waals surface area contributed by atoms with Gasteiger partial charge in [-0.2, -0.15) is 0 Å². The Kier molecular flexibility index (Phi) is 4.57. The Balaban J connectivity index is 1.94. The third kappa shape index (κ3) is 3.68. The van der Waals surface area contributed by atoms with Crippen LogP contribution in [0.5, 0.6) is 0 Å². The van der Waals surface area contributed by atoms with Crippen molar-refractivity contribution in [3.05, 3.63) is 33.9 Å². The monoisotopic (exact) mass is 280 g/mol. The van der Waals surface area contributed by atoms with Crippen LogP contribution in [0.3, 0.4) is 0 Å². The first-order valence-electron chi connectivity index (χ1n) is 6.75. The maximum absolute atomic E-state index is 10.7. The van der Waals surface area contributed by atoms with Gasteiger partial charge in [-0.05, 0) is 44.4 Å². The Morgan fingerprint density at radius 3 is 2.60 bits per heavy atom. The van der Waals surface area contributed by atoms with Gasteiger partial charge in [-0.15, -0.1) is 0 Å². The van der Waals surface area contributed by atoms with Crippen molar-refractivity contribution < 1.29 is 14.4 Å². The first kappa shape index (κ1) is 14.7. The zero-order chi connectivity index (χ0) is 14.7. The highest BCUT2D eigenvalue weighted by molar-refractivity contribution is 5.59. The van der Waals surface area contributed by atoms with Gasteiger partial charge in [0.05, 0.1) is 29.8 Å². The summed E-state index contributed by atoms with van der Waals surface area (Å²) in [6.07, 6.45) is 2.29. The van der Waals surface area contributed by atoms with Crippen LogP contribution in [0.15, 0.2) is 18.2 Å². The minimum Gasteiger partial charge on any atom is -0.393 e. The van der Waals surface area contributed by atoms with Gasteiger partial charge in [-0.1, -0.05) is 0 Å². The Labute approximate surface area is 118 Å². The van der Waals surface area contributed by atoms with Crippen LogP contribution in [0.1, 0.15) is 32.3 Å². The number of hydrogen-bond acceptors (Lipinski definition) is 5. The van der Waals surface area contributed by atoms with Crippen molar-refractivity contribution in [2.24, 2.45) is 0 Å². The van der Waals surface area contributed by atoms with Crippen LogP contribution >= 0.6 is 0 Å². The lowest BCUT2D eigenvalue weighted by Crippen LogP contribution is -2.33. The lowest BCUT2D eigenvalue weighted by Gasteiger charge is -2.32. The van der Waals surface area contributed by atoms with Crippen molar-refractivity contribution in [1.82, 2.24) is 0 Å². The largest absolute Gasteiger partial charge is 0.393 e. The van der Waals surface area contributed by atoms with E-state index >= 15 is 0 Å². The third-order valence-electron chi connectivity index (χ3n) is 3.43. The first-order chi connectivity index (χ1) is 9.45. The molecule has 2 unspecified atom stereocenters. The highest BCUT2D eigenvalue weighted by Gasteiger charge is 2.25. The van der Waals surface area contributed by atoms with E-state index in [0.29, 0.717) is 6.61 Å². The average Bonchev–Trinajstić information content (AvgIpc) is 2.35. The lowest BCUT2D eigenvalue weighted by molar-refractivity contribution is -0.383. The summed E-state index contributed by atoms with van der Waals surface area (Å²) in [6, 6.07) is 4.70. The zero-order valence-corrected chi connectivity index (χ0v) is 11.7. The Morgan fingerprint density at radius 1 is 1.40 bits per heavy atom. The number of nitro benzene ring substituents is 1. The molecule has 1 fully saturated rings. The highest BCUT2D eigenvalue weighted by Crippen LogP contribution is 2.25. The molecule has 1 aliphatic rings. The summed E-state index contributed by atoms with van der Waals surface area (Å²) in [5.74, 6) is 0.